The summed E-state index contributed by atoms with van der Waals surface area (Å²) in [5, 5.41) is 4.71. The van der Waals surface area contributed by atoms with Crippen LogP contribution in [-0.2, 0) is 10.9 Å². The van der Waals surface area contributed by atoms with Gasteiger partial charge in [0.2, 0.25) is 0 Å². The highest BCUT2D eigenvalue weighted by atomic mass is 35.5. The van der Waals surface area contributed by atoms with E-state index >= 15 is 0 Å². The van der Waals surface area contributed by atoms with Gasteiger partial charge in [-0.2, -0.15) is 13.2 Å². The predicted octanol–water partition coefficient (Wildman–Crippen LogP) is 5.53. The lowest BCUT2D eigenvalue weighted by molar-refractivity contribution is -0.137. The quantitative estimate of drug-likeness (QED) is 0.340. The summed E-state index contributed by atoms with van der Waals surface area (Å²) in [7, 11) is 0. The minimum atomic E-state index is -4.77. The molecule has 0 bridgehead atoms. The Kier molecular flexibility index (Phi) is 7.10. The second-order valence-corrected chi connectivity index (χ2v) is 8.19. The van der Waals surface area contributed by atoms with Gasteiger partial charge >= 0.3 is 6.18 Å². The number of benzene rings is 1. The summed E-state index contributed by atoms with van der Waals surface area (Å²) >= 11 is 6.16. The molecule has 1 atom stereocenters. The van der Waals surface area contributed by atoms with Crippen LogP contribution in [0.4, 0.5) is 33.5 Å². The van der Waals surface area contributed by atoms with Crippen molar-refractivity contribution in [2.75, 3.05) is 23.8 Å². The molecule has 1 saturated heterocycles. The first kappa shape index (κ1) is 25.3. The largest absolute Gasteiger partial charge is 0.420 e. The van der Waals surface area contributed by atoms with Crippen LogP contribution in [0.25, 0.3) is 11.3 Å². The van der Waals surface area contributed by atoms with Gasteiger partial charge in [-0.15, -0.1) is 6.42 Å². The summed E-state index contributed by atoms with van der Waals surface area (Å²) in [6.07, 6.45) is 2.96. The lowest BCUT2D eigenvalue weighted by Crippen LogP contribution is -2.23. The molecule has 186 valence electrons. The number of pyridine rings is 2. The second-order valence-electron chi connectivity index (χ2n) is 7.78. The first-order valence-electron chi connectivity index (χ1n) is 10.4. The summed E-state index contributed by atoms with van der Waals surface area (Å²) in [4.78, 5) is 20.3. The maximum Gasteiger partial charge on any atom is 0.420 e. The number of ether oxygens (including phenoxy) is 1. The van der Waals surface area contributed by atoms with Gasteiger partial charge in [-0.05, 0) is 30.7 Å². The van der Waals surface area contributed by atoms with Crippen molar-refractivity contribution in [3.8, 4) is 23.6 Å². The van der Waals surface area contributed by atoms with Gasteiger partial charge < -0.3 is 15.4 Å². The van der Waals surface area contributed by atoms with Crippen molar-refractivity contribution >= 4 is 29.0 Å². The van der Waals surface area contributed by atoms with E-state index in [-0.39, 0.29) is 45.7 Å². The van der Waals surface area contributed by atoms with Crippen molar-refractivity contribution in [3.63, 3.8) is 0 Å². The molecule has 1 aliphatic heterocycles. The third-order valence-corrected chi connectivity index (χ3v) is 5.60. The third kappa shape index (κ3) is 5.40. The maximum absolute atomic E-state index is 14.9. The number of alkyl halides is 3. The predicted molar refractivity (Wildman–Crippen MR) is 123 cm³/mol. The van der Waals surface area contributed by atoms with Crippen molar-refractivity contribution in [1.82, 2.24) is 9.97 Å². The van der Waals surface area contributed by atoms with Crippen LogP contribution in [-0.4, -0.2) is 35.1 Å². The molecule has 12 heteroatoms. The van der Waals surface area contributed by atoms with Crippen molar-refractivity contribution in [3.05, 3.63) is 70.0 Å². The number of halogens is 6. The molecule has 3 heterocycles. The van der Waals surface area contributed by atoms with E-state index in [0.29, 0.717) is 19.1 Å². The van der Waals surface area contributed by atoms with Crippen LogP contribution in [0.3, 0.4) is 0 Å². The molecule has 1 fully saturated rings. The first-order chi connectivity index (χ1) is 17.1. The Hall–Kier alpha value is -3.75. The molecule has 1 aliphatic rings. The summed E-state index contributed by atoms with van der Waals surface area (Å²) in [5.41, 5.74) is -2.02. The van der Waals surface area contributed by atoms with E-state index in [1.54, 1.807) is 0 Å². The standard InChI is InChI=1S/C24H16ClF5N4O2/c1-2-12-5-13(26)9-31-21(12)17-7-19(25)16(8-20(17)27)23(35)34-15-6-18(24(28,29)30)22(32-10-15)33-14-3-4-36-11-14/h1,5-10,14H,3-4,11H2,(H,32,33)(H,34,35). The summed E-state index contributed by atoms with van der Waals surface area (Å²) in [5.74, 6) is -0.861. The number of carbonyl (C=O) groups is 1. The smallest absolute Gasteiger partial charge is 0.379 e. The Labute approximate surface area is 206 Å². The molecule has 0 aliphatic carbocycles. The average Bonchev–Trinajstić information content (AvgIpc) is 3.33. The zero-order chi connectivity index (χ0) is 26.0. The second kappa shape index (κ2) is 10.1. The van der Waals surface area contributed by atoms with Crippen LogP contribution in [0.15, 0.2) is 36.7 Å². The van der Waals surface area contributed by atoms with E-state index in [1.165, 1.54) is 0 Å². The molecule has 1 unspecified atom stereocenters. The number of carbonyl (C=O) groups excluding carboxylic acids is 1. The van der Waals surface area contributed by atoms with Gasteiger partial charge in [0.1, 0.15) is 17.5 Å². The summed E-state index contributed by atoms with van der Waals surface area (Å²) in [6, 6.07) is 3.23. The van der Waals surface area contributed by atoms with Crippen LogP contribution < -0.4 is 10.6 Å². The maximum atomic E-state index is 14.9. The number of aromatic nitrogens is 2. The van der Waals surface area contributed by atoms with Crippen LogP contribution in [0.5, 0.6) is 0 Å². The number of nitrogens with one attached hydrogen (secondary N) is 2. The Morgan fingerprint density at radius 2 is 1.94 bits per heavy atom. The zero-order valence-electron chi connectivity index (χ0n) is 18.2. The van der Waals surface area contributed by atoms with Gasteiger partial charge in [0, 0.05) is 12.2 Å². The zero-order valence-corrected chi connectivity index (χ0v) is 19.0. The van der Waals surface area contributed by atoms with Crippen molar-refractivity contribution < 1.29 is 31.5 Å². The molecule has 1 amide bonds. The van der Waals surface area contributed by atoms with Gasteiger partial charge in [0.05, 0.1) is 58.1 Å². The fourth-order valence-corrected chi connectivity index (χ4v) is 3.82. The van der Waals surface area contributed by atoms with Crippen molar-refractivity contribution in [1.29, 1.82) is 0 Å². The Morgan fingerprint density at radius 1 is 1.17 bits per heavy atom. The van der Waals surface area contributed by atoms with E-state index in [0.717, 1.165) is 30.6 Å². The van der Waals surface area contributed by atoms with Crippen molar-refractivity contribution in [2.45, 2.75) is 18.6 Å². The van der Waals surface area contributed by atoms with Gasteiger partial charge in [0.25, 0.3) is 5.91 Å². The van der Waals surface area contributed by atoms with E-state index < -0.39 is 35.1 Å². The van der Waals surface area contributed by atoms with E-state index in [4.69, 9.17) is 22.8 Å². The van der Waals surface area contributed by atoms with Crippen LogP contribution in [0.2, 0.25) is 5.02 Å². The number of hydrogen-bond donors (Lipinski definition) is 2. The summed E-state index contributed by atoms with van der Waals surface area (Å²) < 4.78 is 74.4. The Morgan fingerprint density at radius 3 is 2.61 bits per heavy atom. The number of nitrogens with zero attached hydrogens (tertiary/aromatic N) is 2. The monoisotopic (exact) mass is 522 g/mol. The molecule has 2 aromatic heterocycles. The van der Waals surface area contributed by atoms with Gasteiger partial charge in [-0.25, -0.2) is 13.8 Å². The molecule has 3 aromatic rings. The highest BCUT2D eigenvalue weighted by Crippen LogP contribution is 2.36. The fourth-order valence-electron chi connectivity index (χ4n) is 3.57. The lowest BCUT2D eigenvalue weighted by Gasteiger charge is -2.18. The van der Waals surface area contributed by atoms with Crippen LogP contribution >= 0.6 is 11.6 Å². The highest BCUT2D eigenvalue weighted by Gasteiger charge is 2.36. The molecule has 6 nitrogen and oxygen atoms in total. The number of terminal acetylenes is 1. The molecule has 0 spiro atoms. The van der Waals surface area contributed by atoms with Crippen molar-refractivity contribution in [2.24, 2.45) is 0 Å². The number of anilines is 2. The molecule has 2 N–H and O–H groups in total. The third-order valence-electron chi connectivity index (χ3n) is 5.29. The molecular formula is C24H16ClF5N4O2. The molecular weight excluding hydrogens is 507 g/mol. The fraction of sp³-hybridized carbons (Fsp3) is 0.208. The van der Waals surface area contributed by atoms with Gasteiger partial charge in [-0.1, -0.05) is 17.5 Å². The van der Waals surface area contributed by atoms with Crippen LogP contribution in [0, 0.1) is 24.0 Å². The first-order valence-corrected chi connectivity index (χ1v) is 10.8. The molecule has 4 rings (SSSR count). The topological polar surface area (TPSA) is 76.1 Å². The minimum Gasteiger partial charge on any atom is -0.379 e. The minimum absolute atomic E-state index is 0.0363. The van der Waals surface area contributed by atoms with Gasteiger partial charge in [-0.3, -0.25) is 9.78 Å². The SMILES string of the molecule is C#Cc1cc(F)cnc1-c1cc(Cl)c(C(=O)Nc2cnc(NC3CCOC3)c(C(F)(F)F)c2)cc1F. The molecule has 0 saturated carbocycles. The Bertz CT molecular complexity index is 1370. The number of rotatable bonds is 5. The lowest BCUT2D eigenvalue weighted by atomic mass is 10.0. The van der Waals surface area contributed by atoms with E-state index in [1.807, 2.05) is 0 Å². The normalized spacial score (nSPS) is 15.4. The number of amides is 1. The molecule has 36 heavy (non-hydrogen) atoms. The number of hydrogen-bond acceptors (Lipinski definition) is 5. The van der Waals surface area contributed by atoms with E-state index in [2.05, 4.69) is 26.5 Å². The average molecular weight is 523 g/mol. The van der Waals surface area contributed by atoms with Gasteiger partial charge in [0.15, 0.2) is 0 Å². The van der Waals surface area contributed by atoms with Crippen LogP contribution in [0.1, 0.15) is 27.9 Å². The Balaban J connectivity index is 1.61. The molecule has 0 radical (unpaired) electrons. The summed E-state index contributed by atoms with van der Waals surface area (Å²) in [6.45, 7) is 0.665. The van der Waals surface area contributed by atoms with E-state index in [9.17, 15) is 26.7 Å². The highest BCUT2D eigenvalue weighted by molar-refractivity contribution is 6.34. The molecule has 1 aromatic carbocycles.